The molecule has 0 spiro atoms. The average Bonchev–Trinajstić information content (AvgIpc) is 3.16. The van der Waals surface area contributed by atoms with Crippen molar-refractivity contribution < 1.29 is 15.3 Å². The van der Waals surface area contributed by atoms with Gasteiger partial charge in [-0.2, -0.15) is 0 Å². The van der Waals surface area contributed by atoms with E-state index in [-0.39, 0.29) is 16.2 Å². The summed E-state index contributed by atoms with van der Waals surface area (Å²) in [6.07, 6.45) is 23.5. The Kier molecular flexibility index (Phi) is 7.16. The molecule has 12 bridgehead atoms. The van der Waals surface area contributed by atoms with Crippen molar-refractivity contribution in [2.24, 2.45) is 53.3 Å². The van der Waals surface area contributed by atoms with Crippen LogP contribution in [0, 0.1) is 53.3 Å². The third-order valence-electron chi connectivity index (χ3n) is 18.8. The molecule has 0 saturated heterocycles. The van der Waals surface area contributed by atoms with Gasteiger partial charge in [-0.1, -0.05) is 18.2 Å². The highest BCUT2D eigenvalue weighted by Gasteiger charge is 2.55. The van der Waals surface area contributed by atoms with Crippen LogP contribution in [0.5, 0.6) is 17.2 Å². The molecule has 0 heterocycles. The molecule has 4 aromatic rings. The molecule has 3 nitrogen and oxygen atoms in total. The van der Waals surface area contributed by atoms with E-state index in [1.54, 1.807) is 0 Å². The Balaban J connectivity index is 0.951. The molecule has 12 aliphatic rings. The normalized spacial score (nSPS) is 40.3. The minimum absolute atomic E-state index is 0.0999. The fourth-order valence-electron chi connectivity index (χ4n) is 17.9. The topological polar surface area (TPSA) is 60.7 Å². The molecule has 16 rings (SSSR count). The van der Waals surface area contributed by atoms with E-state index in [1.807, 2.05) is 18.2 Å². The van der Waals surface area contributed by atoms with Crippen molar-refractivity contribution in [2.45, 2.75) is 132 Å². The van der Waals surface area contributed by atoms with Gasteiger partial charge >= 0.3 is 0 Å². The van der Waals surface area contributed by atoms with Crippen molar-refractivity contribution in [1.82, 2.24) is 0 Å². The minimum atomic E-state index is 0.0999. The van der Waals surface area contributed by atoms with E-state index in [4.69, 9.17) is 0 Å². The summed E-state index contributed by atoms with van der Waals surface area (Å²) in [5.41, 5.74) is 11.0. The molecule has 0 unspecified atom stereocenters. The van der Waals surface area contributed by atoms with Crippen LogP contribution in [0.1, 0.15) is 132 Å². The molecule has 0 atom stereocenters. The highest BCUT2D eigenvalue weighted by Crippen LogP contribution is 2.65. The van der Waals surface area contributed by atoms with Gasteiger partial charge in [0, 0.05) is 16.7 Å². The van der Waals surface area contributed by atoms with E-state index in [9.17, 15) is 15.3 Å². The van der Waals surface area contributed by atoms with E-state index in [2.05, 4.69) is 54.6 Å². The van der Waals surface area contributed by atoms with Gasteiger partial charge in [-0.3, -0.25) is 0 Å². The molecule has 0 radical (unpaired) electrons. The molecular formula is C54H60O3. The second-order valence-electron chi connectivity index (χ2n) is 22.6. The summed E-state index contributed by atoms with van der Waals surface area (Å²) in [6.45, 7) is 0. The first kappa shape index (κ1) is 34.2. The van der Waals surface area contributed by atoms with Crippen molar-refractivity contribution in [2.75, 3.05) is 0 Å². The van der Waals surface area contributed by atoms with Crippen molar-refractivity contribution >= 4 is 0 Å². The smallest absolute Gasteiger partial charge is 0.119 e. The van der Waals surface area contributed by atoms with Gasteiger partial charge in [0.05, 0.1) is 0 Å². The maximum Gasteiger partial charge on any atom is 0.119 e. The maximum absolute atomic E-state index is 11.6. The Morgan fingerprint density at radius 2 is 0.491 bits per heavy atom. The van der Waals surface area contributed by atoms with E-state index in [1.165, 1.54) is 166 Å². The van der Waals surface area contributed by atoms with Gasteiger partial charge in [0.15, 0.2) is 0 Å². The second-order valence-corrected chi connectivity index (χ2v) is 22.6. The van der Waals surface area contributed by atoms with Gasteiger partial charge in [-0.25, -0.2) is 0 Å². The van der Waals surface area contributed by atoms with Gasteiger partial charge in [-0.15, -0.1) is 0 Å². The Labute approximate surface area is 339 Å². The zero-order chi connectivity index (χ0) is 37.8. The van der Waals surface area contributed by atoms with Gasteiger partial charge in [0.2, 0.25) is 0 Å². The molecular weight excluding hydrogens is 697 g/mol. The molecule has 4 aromatic carbocycles. The van der Waals surface area contributed by atoms with Crippen LogP contribution in [0.25, 0.3) is 33.4 Å². The zero-order valence-electron chi connectivity index (χ0n) is 33.7. The maximum atomic E-state index is 11.6. The molecule has 0 aromatic heterocycles. The van der Waals surface area contributed by atoms with Crippen molar-refractivity contribution in [3.63, 3.8) is 0 Å². The molecule has 57 heavy (non-hydrogen) atoms. The van der Waals surface area contributed by atoms with Crippen molar-refractivity contribution in [1.29, 1.82) is 0 Å². The van der Waals surface area contributed by atoms with Crippen molar-refractivity contribution in [3.05, 3.63) is 89.5 Å². The van der Waals surface area contributed by atoms with Crippen molar-refractivity contribution in [3.8, 4) is 50.6 Å². The lowest BCUT2D eigenvalue weighted by molar-refractivity contribution is -0.00626. The standard InChI is InChI=1S/C54H60O3/c55-49-4-1-40(19-46(49)52-22-31-7-32(23-52)9-33(8-31)24-52)43-16-44(41-2-5-50(56)47(20-41)53-25-34-10-35(26-53)12-36(11-34)27-53)18-45(17-43)42-3-6-51(57)48(21-42)54-28-37-13-38(29-54)15-39(14-37)30-54/h1-6,16-21,31-39,55-57H,7-15,22-30H2. The van der Waals surface area contributed by atoms with Gasteiger partial charge in [0.1, 0.15) is 17.2 Å². The van der Waals surface area contributed by atoms with Crippen LogP contribution in [-0.4, -0.2) is 15.3 Å². The third kappa shape index (κ3) is 5.28. The third-order valence-corrected chi connectivity index (χ3v) is 18.8. The number of hydrogen-bond donors (Lipinski definition) is 3. The summed E-state index contributed by atoms with van der Waals surface area (Å²) in [5, 5.41) is 34.8. The number of phenolic OH excluding ortho intramolecular Hbond substituents is 3. The van der Waals surface area contributed by atoms with Crippen LogP contribution >= 0.6 is 0 Å². The predicted octanol–water partition coefficient (Wildman–Crippen LogP) is 13.2. The van der Waals surface area contributed by atoms with Crippen LogP contribution < -0.4 is 0 Å². The lowest BCUT2D eigenvalue weighted by Crippen LogP contribution is -2.48. The summed E-state index contributed by atoms with van der Waals surface area (Å²) in [6, 6.07) is 26.7. The summed E-state index contributed by atoms with van der Waals surface area (Å²) >= 11 is 0. The van der Waals surface area contributed by atoms with E-state index < -0.39 is 0 Å². The highest BCUT2D eigenvalue weighted by molar-refractivity contribution is 5.83. The fraction of sp³-hybridized carbons (Fsp3) is 0.556. The first-order chi connectivity index (χ1) is 27.7. The average molecular weight is 757 g/mol. The molecule has 12 fully saturated rings. The molecule has 3 heteroatoms. The van der Waals surface area contributed by atoms with E-state index in [0.29, 0.717) is 17.2 Å². The number of benzene rings is 4. The quantitative estimate of drug-likeness (QED) is 0.184. The molecule has 3 N–H and O–H groups in total. The SMILES string of the molecule is Oc1ccc(-c2cc(-c3ccc(O)c(C45CC6CC(CC(C6)C4)C5)c3)cc(-c3ccc(O)c(C45CC6CC(CC(C6)C4)C5)c3)c2)cc1C12CC3CC(CC(C3)C1)C2. The van der Waals surface area contributed by atoms with Crippen LogP contribution in [0.2, 0.25) is 0 Å². The monoisotopic (exact) mass is 756 g/mol. The summed E-state index contributed by atoms with van der Waals surface area (Å²) in [7, 11) is 0. The number of phenols is 3. The van der Waals surface area contributed by atoms with Crippen LogP contribution in [-0.2, 0) is 16.2 Å². The number of rotatable bonds is 6. The Morgan fingerprint density at radius 1 is 0.281 bits per heavy atom. The molecule has 12 aliphatic carbocycles. The molecule has 0 amide bonds. The van der Waals surface area contributed by atoms with Crippen LogP contribution in [0.4, 0.5) is 0 Å². The molecule has 294 valence electrons. The number of aromatic hydroxyl groups is 3. The lowest BCUT2D eigenvalue weighted by Gasteiger charge is -2.57. The van der Waals surface area contributed by atoms with E-state index in [0.717, 1.165) is 53.3 Å². The minimum Gasteiger partial charge on any atom is -0.508 e. The Hall–Kier alpha value is -3.72. The first-order valence-corrected chi connectivity index (χ1v) is 23.3. The predicted molar refractivity (Wildman–Crippen MR) is 227 cm³/mol. The summed E-state index contributed by atoms with van der Waals surface area (Å²) in [5.74, 6) is 8.73. The largest absolute Gasteiger partial charge is 0.508 e. The zero-order valence-corrected chi connectivity index (χ0v) is 33.7. The van der Waals surface area contributed by atoms with Gasteiger partial charge in [0.25, 0.3) is 0 Å². The summed E-state index contributed by atoms with van der Waals surface area (Å²) in [4.78, 5) is 0. The molecule has 0 aliphatic heterocycles. The highest BCUT2D eigenvalue weighted by atomic mass is 16.3. The second kappa shape index (κ2) is 11.9. The summed E-state index contributed by atoms with van der Waals surface area (Å²) < 4.78 is 0. The first-order valence-electron chi connectivity index (χ1n) is 23.3. The fourth-order valence-corrected chi connectivity index (χ4v) is 17.9. The van der Waals surface area contributed by atoms with E-state index >= 15 is 0 Å². The number of hydrogen-bond acceptors (Lipinski definition) is 3. The lowest BCUT2D eigenvalue weighted by atomic mass is 9.48. The van der Waals surface area contributed by atoms with Crippen LogP contribution in [0.3, 0.4) is 0 Å². The Bertz CT molecular complexity index is 1940. The molecule has 12 saturated carbocycles. The Morgan fingerprint density at radius 3 is 0.702 bits per heavy atom. The van der Waals surface area contributed by atoms with Crippen LogP contribution in [0.15, 0.2) is 72.8 Å². The van der Waals surface area contributed by atoms with Gasteiger partial charge < -0.3 is 15.3 Å². The van der Waals surface area contributed by atoms with Gasteiger partial charge in [-0.05, 0) is 273 Å².